The quantitative estimate of drug-likeness (QED) is 0.496. The summed E-state index contributed by atoms with van der Waals surface area (Å²) in [5, 5.41) is 14.0. The number of allylic oxidation sites excluding steroid dienone is 1. The van der Waals surface area contributed by atoms with Crippen LogP contribution in [0.25, 0.3) is 29.0 Å². The van der Waals surface area contributed by atoms with E-state index in [1.54, 1.807) is 43.2 Å². The zero-order valence-corrected chi connectivity index (χ0v) is 21.0. The van der Waals surface area contributed by atoms with Crippen molar-refractivity contribution in [3.63, 3.8) is 0 Å². The number of nitrogens with zero attached hydrogens (tertiary/aromatic N) is 4. The number of aryl methyl sites for hydroxylation is 1. The summed E-state index contributed by atoms with van der Waals surface area (Å²) in [5.41, 5.74) is 3.16. The number of hydrogen-bond donors (Lipinski definition) is 2. The zero-order valence-electron chi connectivity index (χ0n) is 21.0. The number of H-pyrrole nitrogens is 1. The number of aromatic nitrogens is 4. The Morgan fingerprint density at radius 3 is 2.59 bits per heavy atom. The van der Waals surface area contributed by atoms with Crippen molar-refractivity contribution in [3.05, 3.63) is 59.6 Å². The second-order valence-corrected chi connectivity index (χ2v) is 9.95. The maximum Gasteiger partial charge on any atom is 0.238 e. The highest BCUT2D eigenvalue weighted by Gasteiger charge is 2.44. The number of carbonyl (C=O) groups is 1. The average molecular weight is 509 g/mol. The number of anilines is 1. The summed E-state index contributed by atoms with van der Waals surface area (Å²) in [6, 6.07) is 2.30. The minimum atomic E-state index is -0.763. The molecular formula is C27H30F2N6O2. The number of likely N-dealkylation sites (tertiary alicyclic amines) is 1. The van der Waals surface area contributed by atoms with Crippen LogP contribution in [0.1, 0.15) is 36.6 Å². The van der Waals surface area contributed by atoms with E-state index >= 15 is 8.78 Å². The molecule has 2 aromatic heterocycles. The van der Waals surface area contributed by atoms with Crippen LogP contribution >= 0.6 is 0 Å². The van der Waals surface area contributed by atoms with Gasteiger partial charge in [-0.15, -0.1) is 0 Å². The van der Waals surface area contributed by atoms with Crippen LogP contribution in [0.3, 0.4) is 0 Å². The number of halogens is 2. The third-order valence-electron chi connectivity index (χ3n) is 7.14. The van der Waals surface area contributed by atoms with E-state index < -0.39 is 11.6 Å². The molecule has 1 spiro atoms. The molecule has 0 radical (unpaired) electrons. The zero-order chi connectivity index (χ0) is 26.2. The fourth-order valence-corrected chi connectivity index (χ4v) is 5.28. The molecule has 0 atom stereocenters. The van der Waals surface area contributed by atoms with Crippen molar-refractivity contribution >= 4 is 29.3 Å². The summed E-state index contributed by atoms with van der Waals surface area (Å²) in [6.45, 7) is 8.83. The van der Waals surface area contributed by atoms with Crippen molar-refractivity contribution in [2.24, 2.45) is 12.5 Å². The molecule has 0 aliphatic carbocycles. The molecule has 0 saturated carbocycles. The van der Waals surface area contributed by atoms with Crippen molar-refractivity contribution in [2.45, 2.75) is 19.8 Å². The highest BCUT2D eigenvalue weighted by molar-refractivity contribution is 5.93. The van der Waals surface area contributed by atoms with Crippen LogP contribution in [0.15, 0.2) is 31.1 Å². The molecule has 3 aromatic rings. The first kappa shape index (κ1) is 25.0. The van der Waals surface area contributed by atoms with Gasteiger partial charge in [0.2, 0.25) is 5.91 Å². The van der Waals surface area contributed by atoms with Crippen molar-refractivity contribution in [1.82, 2.24) is 24.9 Å². The van der Waals surface area contributed by atoms with Gasteiger partial charge in [0.15, 0.2) is 0 Å². The predicted octanol–water partition coefficient (Wildman–Crippen LogP) is 4.34. The van der Waals surface area contributed by atoms with Gasteiger partial charge in [0, 0.05) is 67.3 Å². The van der Waals surface area contributed by atoms with Crippen molar-refractivity contribution < 1.29 is 18.3 Å². The van der Waals surface area contributed by atoms with Gasteiger partial charge in [-0.05, 0) is 49.6 Å². The monoisotopic (exact) mass is 508 g/mol. The van der Waals surface area contributed by atoms with Crippen LogP contribution in [0.2, 0.25) is 0 Å². The molecule has 2 fully saturated rings. The summed E-state index contributed by atoms with van der Waals surface area (Å²) in [7, 11) is 1.79. The van der Waals surface area contributed by atoms with E-state index in [-0.39, 0.29) is 29.1 Å². The summed E-state index contributed by atoms with van der Waals surface area (Å²) in [6.07, 6.45) is 8.74. The number of amides is 1. The summed E-state index contributed by atoms with van der Waals surface area (Å²) >= 11 is 0. The number of ether oxygens (including phenoxy) is 1. The molecular weight excluding hydrogens is 478 g/mol. The van der Waals surface area contributed by atoms with Crippen LogP contribution in [0, 0.1) is 17.0 Å². The first-order chi connectivity index (χ1) is 17.8. The van der Waals surface area contributed by atoms with Crippen LogP contribution in [-0.4, -0.2) is 63.6 Å². The molecule has 4 heterocycles. The Kier molecular flexibility index (Phi) is 6.78. The molecule has 0 unspecified atom stereocenters. The molecule has 37 heavy (non-hydrogen) atoms. The molecule has 2 saturated heterocycles. The minimum Gasteiger partial charge on any atom is -0.381 e. The molecule has 8 nitrogen and oxygen atoms in total. The first-order valence-electron chi connectivity index (χ1n) is 12.2. The number of nitrogens with one attached hydrogen (secondary N) is 2. The summed E-state index contributed by atoms with van der Waals surface area (Å²) in [5.74, 6) is -1.82. The second kappa shape index (κ2) is 10.0. The Bertz CT molecular complexity index is 1340. The molecule has 2 N–H and O–H groups in total. The van der Waals surface area contributed by atoms with Gasteiger partial charge in [-0.25, -0.2) is 8.78 Å². The topological polar surface area (TPSA) is 88.1 Å². The molecule has 0 bridgehead atoms. The van der Waals surface area contributed by atoms with Crippen molar-refractivity contribution in [3.8, 4) is 11.3 Å². The van der Waals surface area contributed by atoms with Gasteiger partial charge in [-0.2, -0.15) is 10.2 Å². The van der Waals surface area contributed by atoms with Crippen LogP contribution in [0.4, 0.5) is 14.5 Å². The molecule has 2 aliphatic rings. The van der Waals surface area contributed by atoms with Gasteiger partial charge in [0.05, 0.1) is 18.4 Å². The smallest absolute Gasteiger partial charge is 0.238 e. The first-order valence-corrected chi connectivity index (χ1v) is 12.2. The molecule has 1 aromatic carbocycles. The lowest BCUT2D eigenvalue weighted by Gasteiger charge is -2.52. The van der Waals surface area contributed by atoms with E-state index in [4.69, 9.17) is 4.74 Å². The highest BCUT2D eigenvalue weighted by atomic mass is 19.1. The minimum absolute atomic E-state index is 0.0870. The Hall–Kier alpha value is -3.63. The van der Waals surface area contributed by atoms with Crippen LogP contribution in [-0.2, 0) is 16.6 Å². The standard InChI is InChI=1S/C27H30F2N6O2/c1-4-23-20(26(33-32-23)18-12-30-34(3)13-18)9-17(2)25-21(28)10-19(11-22(25)29)31-24(36)14-35-15-27(16-35)5-7-37-8-6-27/h4,9-13H,1,5-8,14-16H2,2-3H3,(H,31,36)(H,32,33)/b17-9+. The van der Waals surface area contributed by atoms with E-state index in [9.17, 15) is 4.79 Å². The largest absolute Gasteiger partial charge is 0.381 e. The Labute approximate surface area is 214 Å². The SMILES string of the molecule is C=Cc1[nH]nc(-c2cnn(C)c2)c1/C=C(\C)c1c(F)cc(NC(=O)CN2CC3(CCOCC3)C2)cc1F. The van der Waals surface area contributed by atoms with Gasteiger partial charge < -0.3 is 10.1 Å². The van der Waals surface area contributed by atoms with E-state index in [0.29, 0.717) is 22.5 Å². The van der Waals surface area contributed by atoms with Gasteiger partial charge in [0.1, 0.15) is 17.3 Å². The normalized spacial score (nSPS) is 17.6. The fraction of sp³-hybridized carbons (Fsp3) is 0.370. The molecule has 1 amide bonds. The lowest BCUT2D eigenvalue weighted by atomic mass is 9.73. The molecule has 2 aliphatic heterocycles. The molecule has 194 valence electrons. The highest BCUT2D eigenvalue weighted by Crippen LogP contribution is 2.39. The third kappa shape index (κ3) is 5.12. The number of benzene rings is 1. The van der Waals surface area contributed by atoms with Gasteiger partial charge in [-0.3, -0.25) is 19.5 Å². The molecule has 5 rings (SSSR count). The maximum atomic E-state index is 15.1. The Balaban J connectivity index is 1.31. The fourth-order valence-electron chi connectivity index (χ4n) is 5.28. The van der Waals surface area contributed by atoms with Gasteiger partial charge in [-0.1, -0.05) is 6.58 Å². The summed E-state index contributed by atoms with van der Waals surface area (Å²) in [4.78, 5) is 14.6. The third-order valence-corrected chi connectivity index (χ3v) is 7.14. The van der Waals surface area contributed by atoms with Gasteiger partial charge >= 0.3 is 0 Å². The lowest BCUT2D eigenvalue weighted by Crippen LogP contribution is -2.59. The van der Waals surface area contributed by atoms with Gasteiger partial charge in [0.25, 0.3) is 0 Å². The molecule has 10 heteroatoms. The van der Waals surface area contributed by atoms with E-state index in [1.165, 1.54) is 0 Å². The van der Waals surface area contributed by atoms with Crippen LogP contribution in [0.5, 0.6) is 0 Å². The predicted molar refractivity (Wildman–Crippen MR) is 138 cm³/mol. The number of hydrogen-bond acceptors (Lipinski definition) is 5. The van der Waals surface area contributed by atoms with Crippen LogP contribution < -0.4 is 5.32 Å². The van der Waals surface area contributed by atoms with E-state index in [0.717, 1.165) is 56.8 Å². The number of carbonyl (C=O) groups excluding carboxylic acids is 1. The maximum absolute atomic E-state index is 15.1. The van der Waals surface area contributed by atoms with E-state index in [1.807, 2.05) is 0 Å². The number of rotatable bonds is 7. The lowest BCUT2D eigenvalue weighted by molar-refractivity contribution is -0.124. The van der Waals surface area contributed by atoms with E-state index in [2.05, 4.69) is 32.1 Å². The summed E-state index contributed by atoms with van der Waals surface area (Å²) < 4.78 is 37.3. The number of aromatic amines is 1. The Morgan fingerprint density at radius 1 is 1.27 bits per heavy atom. The average Bonchev–Trinajstić information content (AvgIpc) is 3.43. The van der Waals surface area contributed by atoms with Crippen molar-refractivity contribution in [1.29, 1.82) is 0 Å². The van der Waals surface area contributed by atoms with Crippen molar-refractivity contribution in [2.75, 3.05) is 38.2 Å². The Morgan fingerprint density at radius 2 is 1.97 bits per heavy atom. The second-order valence-electron chi connectivity index (χ2n) is 9.95.